The number of nitrogens with one attached hydrogen (secondary N) is 2. The number of ether oxygens (including phenoxy) is 1. The van der Waals surface area contributed by atoms with E-state index in [9.17, 15) is 9.59 Å². The molecule has 0 unspecified atom stereocenters. The van der Waals surface area contributed by atoms with E-state index in [0.29, 0.717) is 32.1 Å². The molecule has 2 heterocycles. The maximum Gasteiger partial charge on any atom is 0.407 e. The lowest BCUT2D eigenvalue weighted by Crippen LogP contribution is -2.47. The highest BCUT2D eigenvalue weighted by atomic mass is 16.6. The summed E-state index contributed by atoms with van der Waals surface area (Å²) in [6.07, 6.45) is 0.860. The highest BCUT2D eigenvalue weighted by molar-refractivity contribution is 5.78. The van der Waals surface area contributed by atoms with Gasteiger partial charge in [0.15, 0.2) is 0 Å². The lowest BCUT2D eigenvalue weighted by molar-refractivity contribution is -0.152. The fourth-order valence-corrected chi connectivity index (χ4v) is 4.45. The van der Waals surface area contributed by atoms with Gasteiger partial charge in [-0.1, -0.05) is 24.3 Å². The van der Waals surface area contributed by atoms with Gasteiger partial charge in [0, 0.05) is 55.9 Å². The molecule has 0 saturated carbocycles. The maximum atomic E-state index is 12.1. The summed E-state index contributed by atoms with van der Waals surface area (Å²) in [5.41, 5.74) is 4.97. The molecular weight excluding hydrogens is 496 g/mol. The molecule has 1 aromatic heterocycles. The van der Waals surface area contributed by atoms with Crippen molar-refractivity contribution in [2.75, 3.05) is 43.4 Å². The van der Waals surface area contributed by atoms with Crippen molar-refractivity contribution in [3.63, 3.8) is 0 Å². The summed E-state index contributed by atoms with van der Waals surface area (Å²) in [7, 11) is 0. The van der Waals surface area contributed by atoms with E-state index >= 15 is 0 Å². The van der Waals surface area contributed by atoms with Gasteiger partial charge in [-0.2, -0.15) is 0 Å². The lowest BCUT2D eigenvalue weighted by Gasteiger charge is -2.33. The fraction of sp³-hybridized carbons (Fsp3) is 0.379. The van der Waals surface area contributed by atoms with Crippen molar-refractivity contribution in [3.05, 3.63) is 65.9 Å². The number of anilines is 3. The third kappa shape index (κ3) is 7.90. The first-order valence-corrected chi connectivity index (χ1v) is 13.0. The molecule has 3 N–H and O–H groups in total. The highest BCUT2D eigenvalue weighted by Crippen LogP contribution is 2.28. The number of aromatic nitrogens is 2. The molecule has 2 aromatic carbocycles. The molecule has 10 nitrogen and oxygen atoms in total. The van der Waals surface area contributed by atoms with Crippen LogP contribution in [0.5, 0.6) is 0 Å². The highest BCUT2D eigenvalue weighted by Gasteiger charge is 2.20. The van der Waals surface area contributed by atoms with Crippen LogP contribution in [0.25, 0.3) is 11.3 Å². The molecule has 0 aliphatic carbocycles. The Bertz CT molecular complexity index is 1320. The molecule has 1 aliphatic rings. The lowest BCUT2D eigenvalue weighted by atomic mass is 10.0. The summed E-state index contributed by atoms with van der Waals surface area (Å²) in [5, 5.41) is 15.6. The van der Waals surface area contributed by atoms with Crippen LogP contribution in [-0.2, 0) is 16.1 Å². The van der Waals surface area contributed by atoms with Crippen molar-refractivity contribution >= 4 is 29.4 Å². The number of hydrogen-bond acceptors (Lipinski definition) is 8. The second-order valence-electron chi connectivity index (χ2n) is 10.6. The van der Waals surface area contributed by atoms with E-state index in [-0.39, 0.29) is 12.5 Å². The van der Waals surface area contributed by atoms with Crippen LogP contribution in [0, 0.1) is 6.92 Å². The quantitative estimate of drug-likeness (QED) is 0.353. The topological polar surface area (TPSA) is 120 Å². The predicted molar refractivity (Wildman–Crippen MR) is 151 cm³/mol. The minimum Gasteiger partial charge on any atom is -0.465 e. The molecule has 4 rings (SSSR count). The number of carbonyl (C=O) groups is 2. The standard InChI is InChI=1S/C29H36N6O4/c1-20-23(9-6-10-24(20)31-18-26(36)39-29(2,3)4)25-11-12-30-27(33-25)32-22-8-5-7-21(17-22)19-34-13-15-35(16-14-34)28(37)38/h5-12,17,31H,13-16,18-19H2,1-4H3,(H,37,38)(H,30,32,33). The number of carboxylic acid groups (broad SMARTS) is 1. The van der Waals surface area contributed by atoms with Gasteiger partial charge in [-0.05, 0) is 63.1 Å². The van der Waals surface area contributed by atoms with Crippen molar-refractivity contribution in [2.24, 2.45) is 0 Å². The molecule has 10 heteroatoms. The summed E-state index contributed by atoms with van der Waals surface area (Å²) in [4.78, 5) is 36.2. The average Bonchev–Trinajstić information content (AvgIpc) is 2.88. The van der Waals surface area contributed by atoms with Crippen LogP contribution in [0.1, 0.15) is 31.9 Å². The van der Waals surface area contributed by atoms with Gasteiger partial charge in [0.05, 0.1) is 5.69 Å². The van der Waals surface area contributed by atoms with Gasteiger partial charge < -0.3 is 25.4 Å². The van der Waals surface area contributed by atoms with Crippen LogP contribution >= 0.6 is 0 Å². The molecular formula is C29H36N6O4. The van der Waals surface area contributed by atoms with Crippen LogP contribution in [0.2, 0.25) is 0 Å². The predicted octanol–water partition coefficient (Wildman–Crippen LogP) is 4.74. The van der Waals surface area contributed by atoms with Crippen molar-refractivity contribution in [2.45, 2.75) is 39.8 Å². The second-order valence-corrected chi connectivity index (χ2v) is 10.6. The van der Waals surface area contributed by atoms with Gasteiger partial charge >= 0.3 is 12.1 Å². The number of rotatable bonds is 8. The Kier molecular flexibility index (Phi) is 8.65. The first kappa shape index (κ1) is 27.8. The van der Waals surface area contributed by atoms with Crippen LogP contribution in [0.15, 0.2) is 54.7 Å². The molecule has 39 heavy (non-hydrogen) atoms. The van der Waals surface area contributed by atoms with Crippen LogP contribution in [-0.4, -0.2) is 75.3 Å². The number of hydrogen-bond donors (Lipinski definition) is 3. The smallest absolute Gasteiger partial charge is 0.407 e. The van der Waals surface area contributed by atoms with Gasteiger partial charge in [-0.15, -0.1) is 0 Å². The first-order chi connectivity index (χ1) is 18.6. The van der Waals surface area contributed by atoms with Crippen molar-refractivity contribution in [1.82, 2.24) is 19.8 Å². The summed E-state index contributed by atoms with van der Waals surface area (Å²) in [6.45, 7) is 10.8. The van der Waals surface area contributed by atoms with Crippen LogP contribution in [0.4, 0.5) is 22.1 Å². The van der Waals surface area contributed by atoms with E-state index in [1.54, 1.807) is 6.20 Å². The average molecular weight is 533 g/mol. The zero-order valence-corrected chi connectivity index (χ0v) is 22.9. The van der Waals surface area contributed by atoms with E-state index in [0.717, 1.165) is 40.3 Å². The first-order valence-electron chi connectivity index (χ1n) is 13.0. The molecule has 206 valence electrons. The molecule has 1 aliphatic heterocycles. The van der Waals surface area contributed by atoms with Gasteiger partial charge in [-0.25, -0.2) is 14.8 Å². The second kappa shape index (κ2) is 12.1. The van der Waals surface area contributed by atoms with Crippen LogP contribution in [0.3, 0.4) is 0 Å². The summed E-state index contributed by atoms with van der Waals surface area (Å²) in [6, 6.07) is 15.8. The minimum atomic E-state index is -0.859. The zero-order valence-electron chi connectivity index (χ0n) is 22.9. The molecule has 1 amide bonds. The number of piperazine rings is 1. The molecule has 1 saturated heterocycles. The van der Waals surface area contributed by atoms with E-state index in [1.807, 2.05) is 64.1 Å². The molecule has 3 aromatic rings. The third-order valence-corrected chi connectivity index (χ3v) is 6.34. The molecule has 0 spiro atoms. The Hall–Kier alpha value is -4.18. The third-order valence-electron chi connectivity index (χ3n) is 6.34. The summed E-state index contributed by atoms with van der Waals surface area (Å²) in [5.74, 6) is 0.164. The normalized spacial score (nSPS) is 14.1. The monoisotopic (exact) mass is 532 g/mol. The largest absolute Gasteiger partial charge is 0.465 e. The number of nitrogens with zero attached hydrogens (tertiary/aromatic N) is 4. The van der Waals surface area contributed by atoms with E-state index < -0.39 is 11.7 Å². The summed E-state index contributed by atoms with van der Waals surface area (Å²) >= 11 is 0. The Morgan fingerprint density at radius 1 is 1.05 bits per heavy atom. The Balaban J connectivity index is 1.42. The number of carbonyl (C=O) groups excluding carboxylic acids is 1. The van der Waals surface area contributed by atoms with E-state index in [2.05, 4.69) is 32.7 Å². The zero-order chi connectivity index (χ0) is 28.0. The van der Waals surface area contributed by atoms with Gasteiger partial charge in [0.2, 0.25) is 5.95 Å². The van der Waals surface area contributed by atoms with Gasteiger partial charge in [0.25, 0.3) is 0 Å². The van der Waals surface area contributed by atoms with E-state index in [1.165, 1.54) is 4.90 Å². The van der Waals surface area contributed by atoms with Crippen molar-refractivity contribution < 1.29 is 19.4 Å². The van der Waals surface area contributed by atoms with Crippen molar-refractivity contribution in [3.8, 4) is 11.3 Å². The van der Waals surface area contributed by atoms with Crippen LogP contribution < -0.4 is 10.6 Å². The maximum absolute atomic E-state index is 12.1. The fourth-order valence-electron chi connectivity index (χ4n) is 4.45. The summed E-state index contributed by atoms with van der Waals surface area (Å²) < 4.78 is 5.39. The number of benzene rings is 2. The van der Waals surface area contributed by atoms with Gasteiger partial charge in [-0.3, -0.25) is 9.69 Å². The molecule has 1 fully saturated rings. The Morgan fingerprint density at radius 3 is 2.51 bits per heavy atom. The van der Waals surface area contributed by atoms with Gasteiger partial charge in [0.1, 0.15) is 12.1 Å². The van der Waals surface area contributed by atoms with E-state index in [4.69, 9.17) is 14.8 Å². The molecule has 0 bridgehead atoms. The Morgan fingerprint density at radius 2 is 1.79 bits per heavy atom. The number of esters is 1. The Labute approximate surface area is 229 Å². The van der Waals surface area contributed by atoms with Crippen molar-refractivity contribution in [1.29, 1.82) is 0 Å². The number of amides is 1. The molecule has 0 radical (unpaired) electrons. The SMILES string of the molecule is Cc1c(NCC(=O)OC(C)(C)C)cccc1-c1ccnc(Nc2cccc(CN3CCN(C(=O)O)CC3)c2)n1. The minimum absolute atomic E-state index is 0.0731. The molecule has 0 atom stereocenters.